The molecule has 1 amide bonds. The van der Waals surface area contributed by atoms with E-state index in [9.17, 15) is 4.79 Å². The molecule has 1 aliphatic carbocycles. The zero-order valence-corrected chi connectivity index (χ0v) is 12.6. The Balaban J connectivity index is 2.50. The number of nitrogens with two attached hydrogens (primary N) is 1. The first-order chi connectivity index (χ1) is 8.25. The lowest BCUT2D eigenvalue weighted by molar-refractivity contribution is -0.128. The summed E-state index contributed by atoms with van der Waals surface area (Å²) in [5, 5.41) is 3.13. The highest BCUT2D eigenvalue weighted by atomic mass is 16.1. The minimum atomic E-state index is 0.108. The number of hydrogen-bond donors (Lipinski definition) is 2. The van der Waals surface area contributed by atoms with Crippen LogP contribution in [0.15, 0.2) is 0 Å². The lowest BCUT2D eigenvalue weighted by Gasteiger charge is -2.35. The topological polar surface area (TPSA) is 55.1 Å². The van der Waals surface area contributed by atoms with E-state index in [2.05, 4.69) is 39.9 Å². The molecule has 1 aliphatic rings. The maximum absolute atomic E-state index is 12.3. The van der Waals surface area contributed by atoms with Crippen LogP contribution in [-0.2, 0) is 4.79 Å². The molecule has 3 unspecified atom stereocenters. The van der Waals surface area contributed by atoms with Gasteiger partial charge in [0.25, 0.3) is 0 Å². The van der Waals surface area contributed by atoms with Gasteiger partial charge in [0, 0.05) is 18.5 Å². The van der Waals surface area contributed by atoms with Crippen LogP contribution in [0.25, 0.3) is 0 Å². The van der Waals surface area contributed by atoms with E-state index in [1.165, 1.54) is 0 Å². The molecule has 0 aromatic rings. The molecule has 1 saturated carbocycles. The van der Waals surface area contributed by atoms with Crippen molar-refractivity contribution in [1.29, 1.82) is 0 Å². The third-order valence-electron chi connectivity index (χ3n) is 4.98. The highest BCUT2D eigenvalue weighted by molar-refractivity contribution is 5.79. The fourth-order valence-electron chi connectivity index (χ4n) is 2.42. The van der Waals surface area contributed by atoms with Crippen LogP contribution >= 0.6 is 0 Å². The second-order valence-electron chi connectivity index (χ2n) is 6.92. The van der Waals surface area contributed by atoms with Gasteiger partial charge in [0.1, 0.15) is 0 Å². The summed E-state index contributed by atoms with van der Waals surface area (Å²) in [4.78, 5) is 12.3. The average molecular weight is 254 g/mol. The van der Waals surface area contributed by atoms with Crippen LogP contribution < -0.4 is 11.1 Å². The van der Waals surface area contributed by atoms with E-state index in [4.69, 9.17) is 5.73 Å². The van der Waals surface area contributed by atoms with Crippen LogP contribution in [0.4, 0.5) is 0 Å². The second-order valence-corrected chi connectivity index (χ2v) is 6.92. The third kappa shape index (κ3) is 3.71. The molecule has 0 saturated heterocycles. The average Bonchev–Trinajstić information content (AvgIpc) is 2.29. The Hall–Kier alpha value is -0.570. The Bertz CT molecular complexity index is 286. The molecule has 0 heterocycles. The van der Waals surface area contributed by atoms with Crippen molar-refractivity contribution < 1.29 is 4.79 Å². The summed E-state index contributed by atoms with van der Waals surface area (Å²) < 4.78 is 0. The van der Waals surface area contributed by atoms with Crippen LogP contribution in [0.1, 0.15) is 53.9 Å². The zero-order valence-electron chi connectivity index (χ0n) is 12.6. The first-order valence-electron chi connectivity index (χ1n) is 7.29. The highest BCUT2D eigenvalue weighted by Gasteiger charge is 2.33. The van der Waals surface area contributed by atoms with E-state index in [1.807, 2.05) is 0 Å². The van der Waals surface area contributed by atoms with Gasteiger partial charge in [-0.3, -0.25) is 4.79 Å². The second kappa shape index (κ2) is 6.05. The summed E-state index contributed by atoms with van der Waals surface area (Å²) in [5.41, 5.74) is 6.21. The van der Waals surface area contributed by atoms with Crippen molar-refractivity contribution in [2.24, 2.45) is 28.9 Å². The number of nitrogens with one attached hydrogen (secondary N) is 1. The quantitative estimate of drug-likeness (QED) is 0.810. The van der Waals surface area contributed by atoms with Gasteiger partial charge in [0.05, 0.1) is 0 Å². The summed E-state index contributed by atoms with van der Waals surface area (Å²) in [5.74, 6) is 1.17. The van der Waals surface area contributed by atoms with Gasteiger partial charge in [-0.2, -0.15) is 0 Å². The number of hydrogen-bond acceptors (Lipinski definition) is 2. The van der Waals surface area contributed by atoms with Crippen LogP contribution in [0.5, 0.6) is 0 Å². The minimum absolute atomic E-state index is 0.108. The summed E-state index contributed by atoms with van der Waals surface area (Å²) in [6, 6.07) is 0.188. The minimum Gasteiger partial charge on any atom is -0.355 e. The molecule has 0 radical (unpaired) electrons. The van der Waals surface area contributed by atoms with Gasteiger partial charge in [0.2, 0.25) is 5.91 Å². The molecule has 3 atom stereocenters. The van der Waals surface area contributed by atoms with Crippen molar-refractivity contribution in [1.82, 2.24) is 5.32 Å². The number of carbonyl (C=O) groups excluding carboxylic acids is 1. The largest absolute Gasteiger partial charge is 0.355 e. The van der Waals surface area contributed by atoms with Crippen molar-refractivity contribution in [3.8, 4) is 0 Å². The van der Waals surface area contributed by atoms with Crippen molar-refractivity contribution in [2.45, 2.75) is 59.9 Å². The molecule has 3 heteroatoms. The van der Waals surface area contributed by atoms with Crippen molar-refractivity contribution in [3.63, 3.8) is 0 Å². The molecule has 106 valence electrons. The Morgan fingerprint density at radius 1 is 1.39 bits per heavy atom. The summed E-state index contributed by atoms with van der Waals surface area (Å²) in [7, 11) is 0. The molecule has 3 nitrogen and oxygen atoms in total. The van der Waals surface area contributed by atoms with Crippen LogP contribution in [-0.4, -0.2) is 18.5 Å². The molecule has 3 N–H and O–H groups in total. The van der Waals surface area contributed by atoms with Crippen molar-refractivity contribution >= 4 is 5.91 Å². The van der Waals surface area contributed by atoms with E-state index >= 15 is 0 Å². The molecule has 0 bridgehead atoms. The Morgan fingerprint density at radius 3 is 2.56 bits per heavy atom. The predicted molar refractivity (Wildman–Crippen MR) is 76.1 cm³/mol. The zero-order chi connectivity index (χ0) is 13.9. The molecule has 0 aromatic heterocycles. The summed E-state index contributed by atoms with van der Waals surface area (Å²) in [6.07, 6.45) is 3.13. The molecule has 18 heavy (non-hydrogen) atoms. The number of carbonyl (C=O) groups is 1. The summed E-state index contributed by atoms with van der Waals surface area (Å²) in [6.45, 7) is 11.7. The normalized spacial score (nSPS) is 29.4. The maximum atomic E-state index is 12.3. The standard InChI is InChI=1S/C15H30N2O/c1-10(2)15(4,5)9-17-14(18)12-7-6-8-13(16)11(12)3/h10-13H,6-9,16H2,1-5H3,(H,17,18). The van der Waals surface area contributed by atoms with Gasteiger partial charge in [-0.15, -0.1) is 0 Å². The number of amides is 1. The molecular weight excluding hydrogens is 224 g/mol. The SMILES string of the molecule is CC1C(N)CCCC1C(=O)NCC(C)(C)C(C)C. The number of rotatable bonds is 4. The van der Waals surface area contributed by atoms with E-state index in [-0.39, 0.29) is 23.3 Å². The van der Waals surface area contributed by atoms with E-state index in [1.54, 1.807) is 0 Å². The van der Waals surface area contributed by atoms with Gasteiger partial charge in [-0.05, 0) is 30.1 Å². The van der Waals surface area contributed by atoms with E-state index in [0.717, 1.165) is 25.8 Å². The monoisotopic (exact) mass is 254 g/mol. The first kappa shape index (κ1) is 15.5. The molecule has 0 aromatic carbocycles. The lowest BCUT2D eigenvalue weighted by atomic mass is 9.76. The van der Waals surface area contributed by atoms with Gasteiger partial charge in [-0.25, -0.2) is 0 Å². The molecule has 1 fully saturated rings. The molecule has 1 rings (SSSR count). The Morgan fingerprint density at radius 2 is 2.00 bits per heavy atom. The first-order valence-corrected chi connectivity index (χ1v) is 7.29. The van der Waals surface area contributed by atoms with Crippen molar-refractivity contribution in [3.05, 3.63) is 0 Å². The van der Waals surface area contributed by atoms with E-state index in [0.29, 0.717) is 11.8 Å². The van der Waals surface area contributed by atoms with Gasteiger partial charge >= 0.3 is 0 Å². The molecule has 0 spiro atoms. The predicted octanol–water partition coefficient (Wildman–Crippen LogP) is 2.55. The lowest BCUT2D eigenvalue weighted by Crippen LogP contribution is -2.46. The fraction of sp³-hybridized carbons (Fsp3) is 0.933. The smallest absolute Gasteiger partial charge is 0.223 e. The summed E-state index contributed by atoms with van der Waals surface area (Å²) >= 11 is 0. The van der Waals surface area contributed by atoms with Gasteiger partial charge in [-0.1, -0.05) is 41.0 Å². The van der Waals surface area contributed by atoms with Crippen LogP contribution in [0, 0.1) is 23.2 Å². The van der Waals surface area contributed by atoms with E-state index < -0.39 is 0 Å². The highest BCUT2D eigenvalue weighted by Crippen LogP contribution is 2.30. The van der Waals surface area contributed by atoms with Crippen molar-refractivity contribution in [2.75, 3.05) is 6.54 Å². The van der Waals surface area contributed by atoms with Crippen LogP contribution in [0.2, 0.25) is 0 Å². The van der Waals surface area contributed by atoms with Crippen LogP contribution in [0.3, 0.4) is 0 Å². The van der Waals surface area contributed by atoms with Gasteiger partial charge < -0.3 is 11.1 Å². The molecule has 0 aliphatic heterocycles. The fourth-order valence-corrected chi connectivity index (χ4v) is 2.42. The Kier molecular flexibility index (Phi) is 5.20. The Labute approximate surface area is 112 Å². The third-order valence-corrected chi connectivity index (χ3v) is 4.98. The maximum Gasteiger partial charge on any atom is 0.223 e. The van der Waals surface area contributed by atoms with Gasteiger partial charge in [0.15, 0.2) is 0 Å². The molecular formula is C15H30N2O.